The van der Waals surface area contributed by atoms with E-state index < -0.39 is 58.7 Å². The molecule has 0 radical (unpaired) electrons. The predicted molar refractivity (Wildman–Crippen MR) is 162 cm³/mol. The largest absolute Gasteiger partial charge is 0.445 e. The molecular formula is C32H43N5O7. The standard InChI is InChI=1S/C32H43N5O7/c1-6-11-22(25(38)28(40)33-21-14-15-21)34-27(39)24-18-32(17-23(36-44-32)20-12-9-8-10-13-20)19-37(24)29(41)26(31(3,4)5)35-30(42)43-16-7-2/h7-10,12-13,21-22,24,26H,2,6,11,14-19H2,1,3-5H3,(H,33,40)(H,34,39)(H,35,42)/t22-,24-,26+,32+/m0/s1. The van der Waals surface area contributed by atoms with Crippen molar-refractivity contribution >= 4 is 35.3 Å². The van der Waals surface area contributed by atoms with E-state index in [0.717, 1.165) is 18.4 Å². The third kappa shape index (κ3) is 7.83. The molecule has 0 unspecified atom stereocenters. The van der Waals surface area contributed by atoms with E-state index in [1.165, 1.54) is 11.0 Å². The minimum atomic E-state index is -1.06. The zero-order valence-corrected chi connectivity index (χ0v) is 25.9. The fraction of sp³-hybridized carbons (Fsp3) is 0.562. The number of oxime groups is 1. The van der Waals surface area contributed by atoms with Crippen LogP contribution in [0.3, 0.4) is 0 Å². The average molecular weight is 610 g/mol. The molecule has 1 saturated heterocycles. The van der Waals surface area contributed by atoms with Gasteiger partial charge in [0.05, 0.1) is 18.3 Å². The van der Waals surface area contributed by atoms with Gasteiger partial charge in [0.15, 0.2) is 5.60 Å². The lowest BCUT2D eigenvalue weighted by atomic mass is 9.85. The molecule has 1 aromatic carbocycles. The Labute approximate surface area is 258 Å². The van der Waals surface area contributed by atoms with E-state index in [4.69, 9.17) is 9.57 Å². The van der Waals surface area contributed by atoms with Gasteiger partial charge < -0.3 is 30.4 Å². The van der Waals surface area contributed by atoms with Crippen LogP contribution in [-0.4, -0.2) is 83.1 Å². The fourth-order valence-electron chi connectivity index (χ4n) is 5.49. The molecule has 3 aliphatic rings. The maximum Gasteiger partial charge on any atom is 0.408 e. The van der Waals surface area contributed by atoms with Crippen molar-refractivity contribution in [3.63, 3.8) is 0 Å². The van der Waals surface area contributed by atoms with Crippen molar-refractivity contribution in [1.82, 2.24) is 20.9 Å². The Balaban J connectivity index is 1.59. The van der Waals surface area contributed by atoms with Crippen molar-refractivity contribution in [3.8, 4) is 0 Å². The Morgan fingerprint density at radius 1 is 1.16 bits per heavy atom. The number of rotatable bonds is 12. The zero-order valence-electron chi connectivity index (χ0n) is 25.9. The maximum absolute atomic E-state index is 14.2. The summed E-state index contributed by atoms with van der Waals surface area (Å²) in [6.07, 6.45) is 3.52. The van der Waals surface area contributed by atoms with E-state index in [2.05, 4.69) is 27.7 Å². The molecule has 3 N–H and O–H groups in total. The van der Waals surface area contributed by atoms with Crippen LogP contribution < -0.4 is 16.0 Å². The lowest BCUT2D eigenvalue weighted by molar-refractivity contribution is -0.144. The SMILES string of the molecule is C=CCOC(=O)N[C@H](C(=O)N1C[C@@]2(CC(c3ccccc3)=NO2)C[C@H]1C(=O)N[C@@H](CCC)C(=O)C(=O)NC1CC1)C(C)(C)C. The highest BCUT2D eigenvalue weighted by atomic mass is 16.7. The topological polar surface area (TPSA) is 156 Å². The highest BCUT2D eigenvalue weighted by Crippen LogP contribution is 2.40. The van der Waals surface area contributed by atoms with Gasteiger partial charge >= 0.3 is 6.09 Å². The number of amides is 4. The third-order valence-electron chi connectivity index (χ3n) is 7.99. The number of hydrogen-bond acceptors (Lipinski definition) is 8. The molecule has 2 aliphatic heterocycles. The lowest BCUT2D eigenvalue weighted by Gasteiger charge is -2.35. The van der Waals surface area contributed by atoms with Crippen LogP contribution in [0.2, 0.25) is 0 Å². The van der Waals surface area contributed by atoms with Gasteiger partial charge in [-0.1, -0.05) is 82.3 Å². The molecule has 4 atom stereocenters. The van der Waals surface area contributed by atoms with Gasteiger partial charge in [-0.05, 0) is 30.2 Å². The lowest BCUT2D eigenvalue weighted by Crippen LogP contribution is -2.59. The molecule has 238 valence electrons. The molecule has 2 fully saturated rings. The normalized spacial score (nSPS) is 22.3. The van der Waals surface area contributed by atoms with Crippen LogP contribution in [0, 0.1) is 5.41 Å². The number of nitrogens with one attached hydrogen (secondary N) is 3. The number of benzene rings is 1. The van der Waals surface area contributed by atoms with Crippen LogP contribution in [0.4, 0.5) is 4.79 Å². The summed E-state index contributed by atoms with van der Waals surface area (Å²) in [6.45, 7) is 10.8. The summed E-state index contributed by atoms with van der Waals surface area (Å²) < 4.78 is 5.08. The third-order valence-corrected chi connectivity index (χ3v) is 7.99. The second-order valence-corrected chi connectivity index (χ2v) is 12.8. The Morgan fingerprint density at radius 3 is 2.48 bits per heavy atom. The Morgan fingerprint density at radius 2 is 1.86 bits per heavy atom. The van der Waals surface area contributed by atoms with Crippen molar-refractivity contribution in [3.05, 3.63) is 48.6 Å². The molecule has 4 rings (SSSR count). The molecular weight excluding hydrogens is 566 g/mol. The smallest absolute Gasteiger partial charge is 0.408 e. The number of ketones is 1. The molecule has 44 heavy (non-hydrogen) atoms. The van der Waals surface area contributed by atoms with Gasteiger partial charge in [-0.2, -0.15) is 0 Å². The van der Waals surface area contributed by atoms with E-state index in [1.54, 1.807) is 20.8 Å². The summed E-state index contributed by atoms with van der Waals surface area (Å²) in [5, 5.41) is 12.4. The molecule has 1 aliphatic carbocycles. The number of alkyl carbamates (subject to hydrolysis) is 1. The molecule has 2 heterocycles. The summed E-state index contributed by atoms with van der Waals surface area (Å²) in [6, 6.07) is 6.32. The van der Waals surface area contributed by atoms with E-state index in [9.17, 15) is 24.0 Å². The zero-order chi connectivity index (χ0) is 32.1. The summed E-state index contributed by atoms with van der Waals surface area (Å²) in [5.41, 5.74) is -0.203. The molecule has 1 aromatic rings. The molecule has 1 saturated carbocycles. The van der Waals surface area contributed by atoms with Crippen LogP contribution in [0.15, 0.2) is 48.1 Å². The number of Topliss-reactive ketones (excluding diaryl/α,β-unsaturated/α-hetero) is 1. The summed E-state index contributed by atoms with van der Waals surface area (Å²) in [5.74, 6) is -2.53. The van der Waals surface area contributed by atoms with Crippen molar-refractivity contribution < 1.29 is 33.5 Å². The average Bonchev–Trinajstić information content (AvgIpc) is 3.58. The molecule has 12 heteroatoms. The van der Waals surface area contributed by atoms with E-state index in [1.807, 2.05) is 37.3 Å². The first-order valence-corrected chi connectivity index (χ1v) is 15.2. The van der Waals surface area contributed by atoms with E-state index >= 15 is 0 Å². The first-order valence-electron chi connectivity index (χ1n) is 15.2. The number of nitrogens with zero attached hydrogens (tertiary/aromatic N) is 2. The number of carbonyl (C=O) groups excluding carboxylic acids is 5. The Bertz CT molecular complexity index is 1300. The number of hydrogen-bond donors (Lipinski definition) is 3. The van der Waals surface area contributed by atoms with Gasteiger partial charge in [-0.3, -0.25) is 19.2 Å². The van der Waals surface area contributed by atoms with Crippen LogP contribution in [0.25, 0.3) is 0 Å². The number of ether oxygens (including phenoxy) is 1. The van der Waals surface area contributed by atoms with Crippen molar-refractivity contribution in [2.24, 2.45) is 10.6 Å². The van der Waals surface area contributed by atoms with Crippen LogP contribution in [0.1, 0.15) is 71.8 Å². The van der Waals surface area contributed by atoms with Crippen molar-refractivity contribution in [2.75, 3.05) is 13.2 Å². The predicted octanol–water partition coefficient (Wildman–Crippen LogP) is 2.61. The quantitative estimate of drug-likeness (QED) is 0.243. The fourth-order valence-corrected chi connectivity index (χ4v) is 5.49. The second-order valence-electron chi connectivity index (χ2n) is 12.8. The van der Waals surface area contributed by atoms with Crippen molar-refractivity contribution in [2.45, 2.75) is 96.0 Å². The number of carbonyl (C=O) groups is 5. The number of likely N-dealkylation sites (tertiary alicyclic amines) is 1. The van der Waals surface area contributed by atoms with E-state index in [-0.39, 0.29) is 32.0 Å². The monoisotopic (exact) mass is 609 g/mol. The Kier molecular flexibility index (Phi) is 10.1. The van der Waals surface area contributed by atoms with Crippen LogP contribution >= 0.6 is 0 Å². The van der Waals surface area contributed by atoms with Gasteiger partial charge in [0, 0.05) is 18.9 Å². The highest BCUT2D eigenvalue weighted by molar-refractivity contribution is 6.38. The highest BCUT2D eigenvalue weighted by Gasteiger charge is 2.55. The van der Waals surface area contributed by atoms with Gasteiger partial charge in [0.1, 0.15) is 18.7 Å². The maximum atomic E-state index is 14.2. The van der Waals surface area contributed by atoms with Crippen molar-refractivity contribution in [1.29, 1.82) is 0 Å². The van der Waals surface area contributed by atoms with Gasteiger partial charge in [-0.25, -0.2) is 4.79 Å². The minimum absolute atomic E-state index is 0.00874. The summed E-state index contributed by atoms with van der Waals surface area (Å²) in [7, 11) is 0. The van der Waals surface area contributed by atoms with Gasteiger partial charge in [-0.15, -0.1) is 0 Å². The van der Waals surface area contributed by atoms with Gasteiger partial charge in [0.25, 0.3) is 5.91 Å². The molecule has 4 amide bonds. The van der Waals surface area contributed by atoms with Crippen LogP contribution in [0.5, 0.6) is 0 Å². The first-order chi connectivity index (χ1) is 20.9. The van der Waals surface area contributed by atoms with Crippen LogP contribution in [-0.2, 0) is 28.8 Å². The second kappa shape index (κ2) is 13.6. The molecule has 1 spiro atoms. The molecule has 12 nitrogen and oxygen atoms in total. The van der Waals surface area contributed by atoms with E-state index in [0.29, 0.717) is 18.6 Å². The first kappa shape index (κ1) is 32.7. The summed E-state index contributed by atoms with van der Waals surface area (Å²) in [4.78, 5) is 73.7. The van der Waals surface area contributed by atoms with Gasteiger partial charge in [0.2, 0.25) is 17.6 Å². The molecule has 0 bridgehead atoms. The summed E-state index contributed by atoms with van der Waals surface area (Å²) >= 11 is 0. The molecule has 0 aromatic heterocycles. The Hall–Kier alpha value is -4.22. The minimum Gasteiger partial charge on any atom is -0.445 e.